The van der Waals surface area contributed by atoms with Gasteiger partial charge in [-0.15, -0.1) is 0 Å². The Bertz CT molecular complexity index is 802. The molecule has 26 heavy (non-hydrogen) atoms. The summed E-state index contributed by atoms with van der Waals surface area (Å²) in [6.45, 7) is 3.55. The molecule has 2 aromatic carbocycles. The first-order valence-electron chi connectivity index (χ1n) is 8.19. The van der Waals surface area contributed by atoms with Crippen LogP contribution in [0, 0.1) is 10.1 Å². The van der Waals surface area contributed by atoms with E-state index in [1.807, 2.05) is 31.2 Å². The van der Waals surface area contributed by atoms with Crippen molar-refractivity contribution in [3.8, 4) is 5.75 Å². The molecule has 1 amide bonds. The molecule has 1 atom stereocenters. The Labute approximate surface area is 151 Å². The van der Waals surface area contributed by atoms with E-state index in [-0.39, 0.29) is 29.6 Å². The van der Waals surface area contributed by atoms with Crippen LogP contribution in [0.3, 0.4) is 0 Å². The van der Waals surface area contributed by atoms with Gasteiger partial charge in [0.25, 0.3) is 5.91 Å². The molecule has 1 N–H and O–H groups in total. The van der Waals surface area contributed by atoms with Crippen LogP contribution in [0.2, 0.25) is 0 Å². The van der Waals surface area contributed by atoms with E-state index in [2.05, 4.69) is 12.2 Å². The third-order valence-electron chi connectivity index (χ3n) is 3.94. The van der Waals surface area contributed by atoms with Crippen molar-refractivity contribution in [1.82, 2.24) is 5.32 Å². The Morgan fingerprint density at radius 3 is 2.54 bits per heavy atom. The number of nitro benzene ring substituents is 1. The Balaban J connectivity index is 1.97. The molecular formula is C19H20N2O5. The highest BCUT2D eigenvalue weighted by atomic mass is 16.6. The number of amides is 1. The number of benzene rings is 2. The number of carbonyl (C=O) groups excluding carboxylic acids is 2. The number of aldehydes is 1. The summed E-state index contributed by atoms with van der Waals surface area (Å²) in [6.07, 6.45) is 1.45. The summed E-state index contributed by atoms with van der Waals surface area (Å²) in [4.78, 5) is 33.2. The molecule has 0 spiro atoms. The number of rotatable bonds is 8. The van der Waals surface area contributed by atoms with Crippen LogP contribution >= 0.6 is 0 Å². The van der Waals surface area contributed by atoms with Crippen LogP contribution in [-0.4, -0.2) is 23.7 Å². The smallest absolute Gasteiger partial charge is 0.311 e. The second-order valence-corrected chi connectivity index (χ2v) is 5.78. The first kappa shape index (κ1) is 19.1. The van der Waals surface area contributed by atoms with Crippen molar-refractivity contribution in [3.05, 3.63) is 69.3 Å². The second kappa shape index (κ2) is 8.75. The van der Waals surface area contributed by atoms with Gasteiger partial charge in [0.1, 0.15) is 6.29 Å². The van der Waals surface area contributed by atoms with E-state index in [4.69, 9.17) is 4.74 Å². The fourth-order valence-corrected chi connectivity index (χ4v) is 2.42. The monoisotopic (exact) mass is 356 g/mol. The van der Waals surface area contributed by atoms with Crippen molar-refractivity contribution in [2.75, 3.05) is 6.61 Å². The van der Waals surface area contributed by atoms with E-state index in [0.29, 0.717) is 6.29 Å². The summed E-state index contributed by atoms with van der Waals surface area (Å²) >= 11 is 0. The highest BCUT2D eigenvalue weighted by Crippen LogP contribution is 2.27. The zero-order chi connectivity index (χ0) is 19.1. The summed E-state index contributed by atoms with van der Waals surface area (Å²) in [5.74, 6) is -0.457. The number of nitrogens with one attached hydrogen (secondary N) is 1. The minimum Gasteiger partial charge on any atom is -0.477 e. The van der Waals surface area contributed by atoms with Crippen LogP contribution in [-0.2, 0) is 11.2 Å². The molecule has 0 bridgehead atoms. The SMILES string of the molecule is CCc1ccc([C@H](C)NC(=O)COc2ccc(C=O)cc2[N+](=O)[O-])cc1. The maximum absolute atomic E-state index is 12.1. The summed E-state index contributed by atoms with van der Waals surface area (Å²) in [5, 5.41) is 13.8. The van der Waals surface area contributed by atoms with Crippen LogP contribution in [0.1, 0.15) is 41.4 Å². The number of hydrogen-bond acceptors (Lipinski definition) is 5. The first-order chi connectivity index (χ1) is 12.4. The molecule has 0 aliphatic carbocycles. The quantitative estimate of drug-likeness (QED) is 0.445. The maximum atomic E-state index is 12.1. The van der Waals surface area contributed by atoms with E-state index in [1.54, 1.807) is 0 Å². The van der Waals surface area contributed by atoms with Crippen molar-refractivity contribution < 1.29 is 19.2 Å². The molecule has 2 aromatic rings. The van der Waals surface area contributed by atoms with E-state index < -0.39 is 10.8 Å². The van der Waals surface area contributed by atoms with Gasteiger partial charge >= 0.3 is 5.69 Å². The Kier molecular flexibility index (Phi) is 6.43. The third kappa shape index (κ3) is 4.89. The molecule has 0 fully saturated rings. The molecule has 0 saturated carbocycles. The summed E-state index contributed by atoms with van der Waals surface area (Å²) in [5.41, 5.74) is 1.97. The normalized spacial score (nSPS) is 11.5. The number of nitrogens with zero attached hydrogens (tertiary/aromatic N) is 1. The van der Waals surface area contributed by atoms with Crippen LogP contribution in [0.15, 0.2) is 42.5 Å². The van der Waals surface area contributed by atoms with Crippen molar-refractivity contribution in [3.63, 3.8) is 0 Å². The Morgan fingerprint density at radius 2 is 1.96 bits per heavy atom. The lowest BCUT2D eigenvalue weighted by molar-refractivity contribution is -0.385. The van der Waals surface area contributed by atoms with Crippen LogP contribution in [0.5, 0.6) is 5.75 Å². The lowest BCUT2D eigenvalue weighted by Gasteiger charge is -2.15. The van der Waals surface area contributed by atoms with E-state index in [1.165, 1.54) is 17.7 Å². The van der Waals surface area contributed by atoms with Gasteiger partial charge in [0, 0.05) is 11.6 Å². The molecule has 7 heteroatoms. The van der Waals surface area contributed by atoms with Crippen LogP contribution in [0.4, 0.5) is 5.69 Å². The van der Waals surface area contributed by atoms with Gasteiger partial charge in [0.15, 0.2) is 12.4 Å². The van der Waals surface area contributed by atoms with Gasteiger partial charge < -0.3 is 10.1 Å². The highest BCUT2D eigenvalue weighted by molar-refractivity contribution is 5.79. The van der Waals surface area contributed by atoms with Gasteiger partial charge in [0.05, 0.1) is 11.0 Å². The zero-order valence-electron chi connectivity index (χ0n) is 14.6. The molecule has 0 aliphatic heterocycles. The predicted octanol–water partition coefficient (Wildman–Crippen LogP) is 3.23. The fraction of sp³-hybridized carbons (Fsp3) is 0.263. The maximum Gasteiger partial charge on any atom is 0.311 e. The van der Waals surface area contributed by atoms with E-state index in [0.717, 1.165) is 18.1 Å². The fourth-order valence-electron chi connectivity index (χ4n) is 2.42. The van der Waals surface area contributed by atoms with Gasteiger partial charge in [-0.05, 0) is 36.6 Å². The molecule has 0 saturated heterocycles. The van der Waals surface area contributed by atoms with Crippen LogP contribution < -0.4 is 10.1 Å². The molecule has 2 rings (SSSR count). The van der Waals surface area contributed by atoms with Crippen LogP contribution in [0.25, 0.3) is 0 Å². The Hall–Kier alpha value is -3.22. The minimum absolute atomic E-state index is 0.0595. The third-order valence-corrected chi connectivity index (χ3v) is 3.94. The van der Waals surface area contributed by atoms with Crippen molar-refractivity contribution >= 4 is 17.9 Å². The second-order valence-electron chi connectivity index (χ2n) is 5.78. The number of nitro groups is 1. The van der Waals surface area contributed by atoms with E-state index >= 15 is 0 Å². The van der Waals surface area contributed by atoms with Gasteiger partial charge in [-0.3, -0.25) is 19.7 Å². The summed E-state index contributed by atoms with van der Waals surface area (Å²) in [6, 6.07) is 11.5. The summed E-state index contributed by atoms with van der Waals surface area (Å²) < 4.78 is 5.26. The molecule has 0 radical (unpaired) electrons. The van der Waals surface area contributed by atoms with Gasteiger partial charge in [0.2, 0.25) is 0 Å². The van der Waals surface area contributed by atoms with Crippen molar-refractivity contribution in [2.45, 2.75) is 26.3 Å². The average Bonchev–Trinajstić information content (AvgIpc) is 2.66. The molecule has 7 nitrogen and oxygen atoms in total. The topological polar surface area (TPSA) is 98.5 Å². The molecule has 0 heterocycles. The van der Waals surface area contributed by atoms with Gasteiger partial charge in [-0.25, -0.2) is 0 Å². The number of ether oxygens (including phenoxy) is 1. The van der Waals surface area contributed by atoms with Crippen molar-refractivity contribution in [1.29, 1.82) is 0 Å². The number of carbonyl (C=O) groups is 2. The average molecular weight is 356 g/mol. The molecule has 0 unspecified atom stereocenters. The number of hydrogen-bond donors (Lipinski definition) is 1. The first-order valence-corrected chi connectivity index (χ1v) is 8.19. The largest absolute Gasteiger partial charge is 0.477 e. The molecule has 0 aliphatic rings. The minimum atomic E-state index is -0.655. The zero-order valence-corrected chi connectivity index (χ0v) is 14.6. The molecule has 0 aromatic heterocycles. The van der Waals surface area contributed by atoms with E-state index in [9.17, 15) is 19.7 Å². The highest BCUT2D eigenvalue weighted by Gasteiger charge is 2.18. The molecular weight excluding hydrogens is 336 g/mol. The van der Waals surface area contributed by atoms with Gasteiger partial charge in [-0.2, -0.15) is 0 Å². The Morgan fingerprint density at radius 1 is 1.27 bits per heavy atom. The lowest BCUT2D eigenvalue weighted by atomic mass is 10.1. The van der Waals surface area contributed by atoms with Crippen molar-refractivity contribution in [2.24, 2.45) is 0 Å². The number of aryl methyl sites for hydroxylation is 1. The predicted molar refractivity (Wildman–Crippen MR) is 96.4 cm³/mol. The standard InChI is InChI=1S/C19H20N2O5/c1-3-14-4-7-16(8-5-14)13(2)20-19(23)12-26-18-9-6-15(11-22)10-17(18)21(24)25/h4-11,13H,3,12H2,1-2H3,(H,20,23)/t13-/m0/s1. The summed E-state index contributed by atoms with van der Waals surface area (Å²) in [7, 11) is 0. The van der Waals surface area contributed by atoms with Gasteiger partial charge in [-0.1, -0.05) is 31.2 Å². The molecule has 136 valence electrons. The lowest BCUT2D eigenvalue weighted by Crippen LogP contribution is -2.31.